The van der Waals surface area contributed by atoms with Crippen LogP contribution in [0.2, 0.25) is 0 Å². The van der Waals surface area contributed by atoms with Crippen LogP contribution in [0.15, 0.2) is 36.7 Å². The van der Waals surface area contributed by atoms with Crippen LogP contribution in [0.25, 0.3) is 5.52 Å². The van der Waals surface area contributed by atoms with Crippen LogP contribution in [-0.4, -0.2) is 63.8 Å². The molecule has 7 rings (SSSR count). The number of fused-ring (bicyclic) bond motifs is 3. The predicted molar refractivity (Wildman–Crippen MR) is 119 cm³/mol. The van der Waals surface area contributed by atoms with Crippen LogP contribution < -0.4 is 14.4 Å². The molecule has 0 unspecified atom stereocenters. The molecule has 3 fully saturated rings. The Hall–Kier alpha value is -3.59. The second-order valence-corrected chi connectivity index (χ2v) is 9.11. The summed E-state index contributed by atoms with van der Waals surface area (Å²) in [5.41, 5.74) is 2.35. The topological polar surface area (TPSA) is 96.6 Å². The van der Waals surface area contributed by atoms with E-state index < -0.39 is 5.54 Å². The normalized spacial score (nSPS) is 23.2. The van der Waals surface area contributed by atoms with E-state index in [1.165, 1.54) is 0 Å². The Morgan fingerprint density at radius 3 is 3.00 bits per heavy atom. The lowest BCUT2D eigenvalue weighted by molar-refractivity contribution is -0.107. The van der Waals surface area contributed by atoms with Gasteiger partial charge in [0.1, 0.15) is 23.6 Å². The van der Waals surface area contributed by atoms with Crippen molar-refractivity contribution in [3.63, 3.8) is 0 Å². The largest absolute Gasteiger partial charge is 0.489 e. The number of carbonyl (C=O) groups is 2. The molecule has 9 nitrogen and oxygen atoms in total. The van der Waals surface area contributed by atoms with Crippen LogP contribution >= 0.6 is 0 Å². The molecule has 4 aliphatic rings. The molecule has 0 radical (unpaired) electrons. The summed E-state index contributed by atoms with van der Waals surface area (Å²) in [6.07, 6.45) is 5.90. The number of benzene rings is 1. The van der Waals surface area contributed by atoms with Crippen molar-refractivity contribution in [2.45, 2.75) is 25.3 Å². The molecule has 1 saturated carbocycles. The second-order valence-electron chi connectivity index (χ2n) is 9.11. The zero-order valence-corrected chi connectivity index (χ0v) is 18.2. The highest BCUT2D eigenvalue weighted by molar-refractivity contribution is 5.99. The summed E-state index contributed by atoms with van der Waals surface area (Å²) in [5.74, 6) is 2.11. The molecule has 2 bridgehead atoms. The van der Waals surface area contributed by atoms with Gasteiger partial charge in [-0.3, -0.25) is 9.59 Å². The van der Waals surface area contributed by atoms with Crippen molar-refractivity contribution >= 4 is 23.5 Å². The SMILES string of the molecule is Cc1c(C(=O)N2CC3CC2(CO)C3)cn2nccc(Oc3ccc4c(c3)OCCN4C=O)c12. The van der Waals surface area contributed by atoms with E-state index in [2.05, 4.69) is 5.10 Å². The Bertz CT molecular complexity index is 1280. The number of hydrogen-bond acceptors (Lipinski definition) is 6. The van der Waals surface area contributed by atoms with Gasteiger partial charge in [0.15, 0.2) is 5.75 Å². The maximum atomic E-state index is 13.4. The Morgan fingerprint density at radius 1 is 1.36 bits per heavy atom. The average molecular weight is 448 g/mol. The predicted octanol–water partition coefficient (Wildman–Crippen LogP) is 2.39. The van der Waals surface area contributed by atoms with Crippen LogP contribution in [0.3, 0.4) is 0 Å². The minimum absolute atomic E-state index is 0.00377. The Kier molecular flexibility index (Phi) is 4.38. The third kappa shape index (κ3) is 2.92. The van der Waals surface area contributed by atoms with Gasteiger partial charge in [0, 0.05) is 24.9 Å². The monoisotopic (exact) mass is 448 g/mol. The molecule has 9 heteroatoms. The fraction of sp³-hybridized carbons (Fsp3) is 0.375. The highest BCUT2D eigenvalue weighted by Crippen LogP contribution is 2.51. The first-order valence-electron chi connectivity index (χ1n) is 11.1. The molecule has 1 N–H and O–H groups in total. The number of amides is 2. The number of ether oxygens (including phenoxy) is 2. The number of aromatic nitrogens is 2. The first-order valence-corrected chi connectivity index (χ1v) is 11.1. The smallest absolute Gasteiger partial charge is 0.256 e. The van der Waals surface area contributed by atoms with Gasteiger partial charge in [0.05, 0.1) is 36.1 Å². The number of aryl methyl sites for hydroxylation is 1. The zero-order valence-electron chi connectivity index (χ0n) is 18.2. The maximum absolute atomic E-state index is 13.4. The van der Waals surface area contributed by atoms with E-state index in [9.17, 15) is 14.7 Å². The molecule has 1 aromatic carbocycles. The van der Waals surface area contributed by atoms with Crippen molar-refractivity contribution in [3.05, 3.63) is 47.8 Å². The van der Waals surface area contributed by atoms with Gasteiger partial charge in [-0.15, -0.1) is 0 Å². The highest BCUT2D eigenvalue weighted by atomic mass is 16.5. The van der Waals surface area contributed by atoms with Crippen LogP contribution in [0.5, 0.6) is 17.2 Å². The summed E-state index contributed by atoms with van der Waals surface area (Å²) in [7, 11) is 0. The van der Waals surface area contributed by atoms with Crippen molar-refractivity contribution in [2.75, 3.05) is 31.2 Å². The molecule has 0 spiro atoms. The van der Waals surface area contributed by atoms with Crippen LogP contribution in [0, 0.1) is 12.8 Å². The number of anilines is 1. The molecule has 5 heterocycles. The van der Waals surface area contributed by atoms with E-state index in [0.29, 0.717) is 59.6 Å². The molecule has 1 aliphatic carbocycles. The van der Waals surface area contributed by atoms with E-state index >= 15 is 0 Å². The molecule has 2 amide bonds. The Morgan fingerprint density at radius 2 is 2.21 bits per heavy atom. The lowest BCUT2D eigenvalue weighted by Crippen LogP contribution is -2.51. The van der Waals surface area contributed by atoms with Gasteiger partial charge in [-0.25, -0.2) is 4.52 Å². The summed E-state index contributed by atoms with van der Waals surface area (Å²) in [6, 6.07) is 7.10. The van der Waals surface area contributed by atoms with E-state index in [0.717, 1.165) is 24.8 Å². The maximum Gasteiger partial charge on any atom is 0.256 e. The first kappa shape index (κ1) is 20.0. The number of aliphatic hydroxyl groups excluding tert-OH is 1. The number of nitrogens with zero attached hydrogens (tertiary/aromatic N) is 4. The quantitative estimate of drug-likeness (QED) is 0.602. The van der Waals surface area contributed by atoms with Gasteiger partial charge < -0.3 is 24.4 Å². The van der Waals surface area contributed by atoms with Gasteiger partial charge in [0.25, 0.3) is 5.91 Å². The zero-order chi connectivity index (χ0) is 22.7. The summed E-state index contributed by atoms with van der Waals surface area (Å²) < 4.78 is 13.5. The van der Waals surface area contributed by atoms with Gasteiger partial charge in [-0.05, 0) is 43.4 Å². The summed E-state index contributed by atoms with van der Waals surface area (Å²) >= 11 is 0. The van der Waals surface area contributed by atoms with Gasteiger partial charge >= 0.3 is 0 Å². The van der Waals surface area contributed by atoms with Gasteiger partial charge in [0.2, 0.25) is 6.41 Å². The average Bonchev–Trinajstić information content (AvgIpc) is 3.48. The number of rotatable bonds is 5. The summed E-state index contributed by atoms with van der Waals surface area (Å²) in [6.45, 7) is 3.51. The first-order chi connectivity index (χ1) is 16.0. The Balaban J connectivity index is 1.34. The number of aliphatic hydroxyl groups is 1. The fourth-order valence-corrected chi connectivity index (χ4v) is 5.52. The molecule has 2 saturated heterocycles. The van der Waals surface area contributed by atoms with Gasteiger partial charge in [-0.2, -0.15) is 5.10 Å². The Labute approximate surface area is 190 Å². The van der Waals surface area contributed by atoms with Crippen LogP contribution in [0.1, 0.15) is 28.8 Å². The molecular formula is C24H24N4O5. The minimum Gasteiger partial charge on any atom is -0.489 e. The lowest BCUT2D eigenvalue weighted by Gasteiger charge is -2.40. The van der Waals surface area contributed by atoms with E-state index in [-0.39, 0.29) is 12.5 Å². The van der Waals surface area contributed by atoms with Crippen molar-refractivity contribution in [1.29, 1.82) is 0 Å². The minimum atomic E-state index is -0.409. The van der Waals surface area contributed by atoms with E-state index in [4.69, 9.17) is 9.47 Å². The van der Waals surface area contributed by atoms with Crippen LogP contribution in [-0.2, 0) is 4.79 Å². The van der Waals surface area contributed by atoms with E-state index in [1.54, 1.807) is 46.1 Å². The van der Waals surface area contributed by atoms with Gasteiger partial charge in [-0.1, -0.05) is 0 Å². The molecule has 0 atom stereocenters. The fourth-order valence-electron chi connectivity index (χ4n) is 5.52. The molecule has 3 aliphatic heterocycles. The van der Waals surface area contributed by atoms with Crippen molar-refractivity contribution in [1.82, 2.24) is 14.5 Å². The second kappa shape index (κ2) is 7.21. The summed E-state index contributed by atoms with van der Waals surface area (Å²) in [5, 5.41) is 14.3. The highest BCUT2D eigenvalue weighted by Gasteiger charge is 2.57. The number of hydrogen-bond donors (Lipinski definition) is 1. The lowest BCUT2D eigenvalue weighted by atomic mass is 9.74. The van der Waals surface area contributed by atoms with E-state index in [1.807, 2.05) is 11.8 Å². The summed E-state index contributed by atoms with van der Waals surface area (Å²) in [4.78, 5) is 28.1. The molecule has 3 aromatic rings. The number of carbonyl (C=O) groups excluding carboxylic acids is 2. The van der Waals surface area contributed by atoms with Crippen molar-refractivity contribution in [2.24, 2.45) is 5.92 Å². The van der Waals surface area contributed by atoms with Crippen LogP contribution in [0.4, 0.5) is 5.69 Å². The van der Waals surface area contributed by atoms with Crippen molar-refractivity contribution in [3.8, 4) is 17.2 Å². The molecule has 170 valence electrons. The molecule has 2 aromatic heterocycles. The standard InChI is InChI=1S/C24H24N4O5/c1-15-18(23(31)27-11-16-9-24(27,10-16)13-29)12-28-22(15)20(4-5-25-28)33-17-2-3-19-21(8-17)32-7-6-26(19)14-30/h2-5,8,12,14,16,29H,6-7,9-11,13H2,1H3. The molecule has 33 heavy (non-hydrogen) atoms. The molecular weight excluding hydrogens is 424 g/mol. The third-order valence-corrected chi connectivity index (χ3v) is 7.20. The van der Waals surface area contributed by atoms with Crippen molar-refractivity contribution < 1.29 is 24.2 Å². The third-order valence-electron chi connectivity index (χ3n) is 7.20.